The van der Waals surface area contributed by atoms with Crippen molar-refractivity contribution in [2.24, 2.45) is 5.92 Å². The maximum Gasteiger partial charge on any atom is 0.310 e. The molecular formula is C13H25NO4. The molecule has 1 aliphatic rings. The number of aliphatic hydroxyl groups is 1. The molecule has 1 saturated heterocycles. The summed E-state index contributed by atoms with van der Waals surface area (Å²) in [7, 11) is 0. The predicted molar refractivity (Wildman–Crippen MR) is 67.8 cm³/mol. The van der Waals surface area contributed by atoms with Crippen molar-refractivity contribution in [1.82, 2.24) is 4.90 Å². The molecule has 1 unspecified atom stereocenters. The minimum Gasteiger partial charge on any atom is -0.466 e. The van der Waals surface area contributed by atoms with Gasteiger partial charge in [0.2, 0.25) is 6.41 Å². The smallest absolute Gasteiger partial charge is 0.310 e. The van der Waals surface area contributed by atoms with E-state index in [9.17, 15) is 9.90 Å². The highest BCUT2D eigenvalue weighted by Gasteiger charge is 2.31. The molecule has 0 aromatic rings. The number of piperidine rings is 1. The van der Waals surface area contributed by atoms with Gasteiger partial charge in [0.25, 0.3) is 0 Å². The van der Waals surface area contributed by atoms with Crippen LogP contribution in [0, 0.1) is 5.92 Å². The van der Waals surface area contributed by atoms with E-state index in [0.717, 1.165) is 19.4 Å². The number of esters is 1. The Morgan fingerprint density at radius 2 is 2.17 bits per heavy atom. The molecule has 0 radical (unpaired) electrons. The first-order valence-corrected chi connectivity index (χ1v) is 6.60. The Hall–Kier alpha value is -0.650. The Bertz CT molecular complexity index is 275. The lowest BCUT2D eigenvalue weighted by atomic mass is 9.98. The van der Waals surface area contributed by atoms with E-state index in [2.05, 4.69) is 0 Å². The van der Waals surface area contributed by atoms with Gasteiger partial charge in [0.1, 0.15) is 0 Å². The highest BCUT2D eigenvalue weighted by molar-refractivity contribution is 5.72. The molecule has 0 aromatic heterocycles. The number of ether oxygens (including phenoxy) is 2. The molecule has 18 heavy (non-hydrogen) atoms. The molecule has 0 bridgehead atoms. The van der Waals surface area contributed by atoms with Crippen molar-refractivity contribution in [2.75, 3.05) is 19.7 Å². The number of likely N-dealkylation sites (tertiary alicyclic amines) is 1. The molecule has 1 heterocycles. The van der Waals surface area contributed by atoms with Crippen molar-refractivity contribution in [3.05, 3.63) is 0 Å². The molecule has 1 fully saturated rings. The summed E-state index contributed by atoms with van der Waals surface area (Å²) >= 11 is 0. The van der Waals surface area contributed by atoms with Crippen molar-refractivity contribution in [1.29, 1.82) is 0 Å². The van der Waals surface area contributed by atoms with E-state index >= 15 is 0 Å². The van der Waals surface area contributed by atoms with Crippen LogP contribution in [0.2, 0.25) is 0 Å². The van der Waals surface area contributed by atoms with Crippen LogP contribution in [0.5, 0.6) is 0 Å². The molecule has 1 aliphatic heterocycles. The van der Waals surface area contributed by atoms with Gasteiger partial charge in [0, 0.05) is 13.1 Å². The van der Waals surface area contributed by atoms with E-state index in [4.69, 9.17) is 9.47 Å². The zero-order valence-electron chi connectivity index (χ0n) is 11.8. The van der Waals surface area contributed by atoms with Gasteiger partial charge in [-0.05, 0) is 40.5 Å². The second-order valence-electron chi connectivity index (χ2n) is 5.64. The van der Waals surface area contributed by atoms with Gasteiger partial charge in [0.15, 0.2) is 0 Å². The van der Waals surface area contributed by atoms with Gasteiger partial charge in [-0.15, -0.1) is 0 Å². The largest absolute Gasteiger partial charge is 0.466 e. The van der Waals surface area contributed by atoms with E-state index in [1.165, 1.54) is 0 Å². The van der Waals surface area contributed by atoms with Gasteiger partial charge in [-0.2, -0.15) is 0 Å². The number of hydrogen-bond donors (Lipinski definition) is 1. The fraction of sp³-hybridized carbons (Fsp3) is 0.923. The Kier molecular flexibility index (Phi) is 5.56. The predicted octanol–water partition coefficient (Wildman–Crippen LogP) is 1.35. The first kappa shape index (κ1) is 15.4. The third-order valence-electron chi connectivity index (χ3n) is 2.84. The highest BCUT2D eigenvalue weighted by Crippen LogP contribution is 2.21. The van der Waals surface area contributed by atoms with E-state index in [-0.39, 0.29) is 11.9 Å². The molecule has 2 atom stereocenters. The van der Waals surface area contributed by atoms with Crippen LogP contribution in [0.15, 0.2) is 0 Å². The molecule has 5 nitrogen and oxygen atoms in total. The number of aliphatic hydroxyl groups excluding tert-OH is 1. The first-order chi connectivity index (χ1) is 8.33. The highest BCUT2D eigenvalue weighted by atomic mass is 16.6. The Morgan fingerprint density at radius 1 is 1.50 bits per heavy atom. The molecular weight excluding hydrogens is 234 g/mol. The van der Waals surface area contributed by atoms with Crippen LogP contribution >= 0.6 is 0 Å². The lowest BCUT2D eigenvalue weighted by Gasteiger charge is -2.37. The molecule has 0 aliphatic carbocycles. The molecule has 106 valence electrons. The minimum atomic E-state index is -0.956. The van der Waals surface area contributed by atoms with Gasteiger partial charge in [-0.1, -0.05) is 0 Å². The van der Waals surface area contributed by atoms with E-state index in [0.29, 0.717) is 13.2 Å². The summed E-state index contributed by atoms with van der Waals surface area (Å²) in [6.45, 7) is 9.12. The van der Waals surface area contributed by atoms with E-state index in [1.54, 1.807) is 11.8 Å². The van der Waals surface area contributed by atoms with Crippen LogP contribution in [0.3, 0.4) is 0 Å². The maximum atomic E-state index is 11.7. The summed E-state index contributed by atoms with van der Waals surface area (Å²) in [6.07, 6.45) is 0.730. The normalized spacial score (nSPS) is 23.7. The van der Waals surface area contributed by atoms with Gasteiger partial charge in [0.05, 0.1) is 18.1 Å². The summed E-state index contributed by atoms with van der Waals surface area (Å²) < 4.78 is 10.5. The number of carbonyl (C=O) groups excluding carboxylic acids is 1. The van der Waals surface area contributed by atoms with Crippen LogP contribution in [-0.4, -0.2) is 47.7 Å². The average molecular weight is 259 g/mol. The molecule has 1 N–H and O–H groups in total. The number of hydrogen-bond acceptors (Lipinski definition) is 5. The van der Waals surface area contributed by atoms with Crippen molar-refractivity contribution < 1.29 is 19.4 Å². The standard InChI is InChI=1S/C13H25NO4/c1-5-17-11(15)10-7-6-8-14(9-10)12(16)18-13(2,3)4/h10,12,16H,5-9H2,1-4H3/t10-,12?/m1/s1. The van der Waals surface area contributed by atoms with Gasteiger partial charge in [-0.25, -0.2) is 0 Å². The second kappa shape index (κ2) is 6.50. The quantitative estimate of drug-likeness (QED) is 0.610. The minimum absolute atomic E-state index is 0.156. The summed E-state index contributed by atoms with van der Waals surface area (Å²) in [5.74, 6) is -0.331. The molecule has 0 spiro atoms. The summed E-state index contributed by atoms with van der Waals surface area (Å²) in [6, 6.07) is 0. The topological polar surface area (TPSA) is 59.0 Å². The van der Waals surface area contributed by atoms with Crippen molar-refractivity contribution >= 4 is 5.97 Å². The number of carbonyl (C=O) groups is 1. The molecule has 0 aromatic carbocycles. The summed E-state index contributed by atoms with van der Waals surface area (Å²) in [5.41, 5.74) is -0.406. The van der Waals surface area contributed by atoms with Crippen LogP contribution < -0.4 is 0 Å². The van der Waals surface area contributed by atoms with Crippen LogP contribution in [-0.2, 0) is 14.3 Å². The molecule has 0 saturated carbocycles. The fourth-order valence-electron chi connectivity index (χ4n) is 2.05. The van der Waals surface area contributed by atoms with Crippen molar-refractivity contribution in [2.45, 2.75) is 52.6 Å². The third kappa shape index (κ3) is 4.92. The SMILES string of the molecule is CCOC(=O)[C@@H]1CCCN(C(O)OC(C)(C)C)C1. The lowest BCUT2D eigenvalue weighted by Crippen LogP contribution is -2.48. The Labute approximate surface area is 109 Å². The zero-order valence-corrected chi connectivity index (χ0v) is 11.8. The average Bonchev–Trinajstić information content (AvgIpc) is 2.27. The van der Waals surface area contributed by atoms with Gasteiger partial charge >= 0.3 is 5.97 Å². The Balaban J connectivity index is 2.50. The first-order valence-electron chi connectivity index (χ1n) is 6.60. The zero-order chi connectivity index (χ0) is 13.8. The summed E-state index contributed by atoms with van der Waals surface area (Å²) in [5, 5.41) is 9.99. The summed E-state index contributed by atoms with van der Waals surface area (Å²) in [4.78, 5) is 13.5. The monoisotopic (exact) mass is 259 g/mol. The van der Waals surface area contributed by atoms with Gasteiger partial charge in [-0.3, -0.25) is 9.69 Å². The number of nitrogens with zero attached hydrogens (tertiary/aromatic N) is 1. The molecule has 0 amide bonds. The van der Waals surface area contributed by atoms with Crippen LogP contribution in [0.4, 0.5) is 0 Å². The maximum absolute atomic E-state index is 11.7. The Morgan fingerprint density at radius 3 is 2.72 bits per heavy atom. The third-order valence-corrected chi connectivity index (χ3v) is 2.84. The lowest BCUT2D eigenvalue weighted by molar-refractivity contribution is -0.245. The van der Waals surface area contributed by atoms with Crippen LogP contribution in [0.1, 0.15) is 40.5 Å². The van der Waals surface area contributed by atoms with Crippen molar-refractivity contribution in [3.63, 3.8) is 0 Å². The molecule has 5 heteroatoms. The number of rotatable bonds is 4. The van der Waals surface area contributed by atoms with Crippen molar-refractivity contribution in [3.8, 4) is 0 Å². The van der Waals surface area contributed by atoms with Crippen LogP contribution in [0.25, 0.3) is 0 Å². The van der Waals surface area contributed by atoms with Gasteiger partial charge < -0.3 is 14.6 Å². The second-order valence-corrected chi connectivity index (χ2v) is 5.64. The van der Waals surface area contributed by atoms with E-state index in [1.807, 2.05) is 20.8 Å². The van der Waals surface area contributed by atoms with E-state index < -0.39 is 12.0 Å². The fourth-order valence-corrected chi connectivity index (χ4v) is 2.05. The molecule has 1 rings (SSSR count).